The van der Waals surface area contributed by atoms with E-state index in [9.17, 15) is 4.79 Å². The van der Waals surface area contributed by atoms with Gasteiger partial charge in [-0.2, -0.15) is 0 Å². The first-order valence-electron chi connectivity index (χ1n) is 8.07. The quantitative estimate of drug-likeness (QED) is 0.891. The fraction of sp³-hybridized carbons (Fsp3) is 0.529. The number of carbonyl (C=O) groups is 1. The van der Waals surface area contributed by atoms with Gasteiger partial charge in [-0.15, -0.1) is 11.3 Å². The van der Waals surface area contributed by atoms with Crippen molar-refractivity contribution >= 4 is 27.5 Å². The summed E-state index contributed by atoms with van der Waals surface area (Å²) < 4.78 is 1.23. The number of aryl methyl sites for hydroxylation is 1. The maximum atomic E-state index is 12.1. The van der Waals surface area contributed by atoms with Gasteiger partial charge in [0.2, 0.25) is 5.91 Å². The van der Waals surface area contributed by atoms with Gasteiger partial charge < -0.3 is 10.6 Å². The van der Waals surface area contributed by atoms with Crippen LogP contribution in [0.15, 0.2) is 24.3 Å². The molecule has 2 atom stereocenters. The summed E-state index contributed by atoms with van der Waals surface area (Å²) in [5, 5.41) is 7.67. The second-order valence-corrected chi connectivity index (χ2v) is 7.19. The molecule has 1 amide bonds. The van der Waals surface area contributed by atoms with E-state index in [4.69, 9.17) is 0 Å². The van der Waals surface area contributed by atoms with E-state index in [1.807, 2.05) is 18.2 Å². The molecule has 0 bridgehead atoms. The zero-order valence-electron chi connectivity index (χ0n) is 13.0. The fourth-order valence-electron chi connectivity index (χ4n) is 2.93. The molecule has 0 saturated carbocycles. The van der Waals surface area contributed by atoms with Gasteiger partial charge in [0.1, 0.15) is 0 Å². The molecule has 1 aliphatic heterocycles. The number of fused-ring (bicyclic) bond motifs is 1. The topological polar surface area (TPSA) is 54.0 Å². The Bertz CT molecular complexity index is 607. The highest BCUT2D eigenvalue weighted by Crippen LogP contribution is 2.22. The molecule has 2 unspecified atom stereocenters. The normalized spacial score (nSPS) is 21.9. The fourth-order valence-corrected chi connectivity index (χ4v) is 3.94. The average Bonchev–Trinajstić information content (AvgIpc) is 2.92. The summed E-state index contributed by atoms with van der Waals surface area (Å²) >= 11 is 1.73. The molecule has 2 aromatic rings. The standard InChI is InChI=1S/C17H23N3OS/c1-12-11-18-10-9-13(12)19-16(21)7-4-8-17-20-14-5-2-3-6-15(14)22-17/h2-3,5-6,12-13,18H,4,7-11H2,1H3,(H,19,21). The van der Waals surface area contributed by atoms with Crippen LogP contribution in [-0.4, -0.2) is 30.0 Å². The highest BCUT2D eigenvalue weighted by Gasteiger charge is 2.22. The van der Waals surface area contributed by atoms with Crippen molar-refractivity contribution in [2.24, 2.45) is 5.92 Å². The molecule has 1 fully saturated rings. The molecule has 3 rings (SSSR count). The van der Waals surface area contributed by atoms with E-state index in [-0.39, 0.29) is 5.91 Å². The smallest absolute Gasteiger partial charge is 0.220 e. The van der Waals surface area contributed by atoms with Crippen molar-refractivity contribution < 1.29 is 4.79 Å². The number of rotatable bonds is 5. The summed E-state index contributed by atoms with van der Waals surface area (Å²) in [7, 11) is 0. The average molecular weight is 317 g/mol. The second kappa shape index (κ2) is 7.20. The van der Waals surface area contributed by atoms with E-state index in [2.05, 4.69) is 28.6 Å². The predicted molar refractivity (Wildman–Crippen MR) is 91.1 cm³/mol. The number of hydrogen-bond donors (Lipinski definition) is 2. The first kappa shape index (κ1) is 15.4. The van der Waals surface area contributed by atoms with Gasteiger partial charge in [-0.1, -0.05) is 19.1 Å². The van der Waals surface area contributed by atoms with Crippen LogP contribution in [0.5, 0.6) is 0 Å². The molecular formula is C17H23N3OS. The SMILES string of the molecule is CC1CNCCC1NC(=O)CCCc1nc2ccccc2s1. The Labute approximate surface area is 135 Å². The Morgan fingerprint density at radius 1 is 1.45 bits per heavy atom. The molecule has 0 spiro atoms. The lowest BCUT2D eigenvalue weighted by atomic mass is 9.95. The molecule has 2 N–H and O–H groups in total. The lowest BCUT2D eigenvalue weighted by Crippen LogP contribution is -2.48. The van der Waals surface area contributed by atoms with Gasteiger partial charge in [-0.3, -0.25) is 4.79 Å². The van der Waals surface area contributed by atoms with Gasteiger partial charge >= 0.3 is 0 Å². The molecule has 22 heavy (non-hydrogen) atoms. The Morgan fingerprint density at radius 2 is 2.32 bits per heavy atom. The summed E-state index contributed by atoms with van der Waals surface area (Å²) in [4.78, 5) is 16.7. The summed E-state index contributed by atoms with van der Waals surface area (Å²) in [6.45, 7) is 4.19. The summed E-state index contributed by atoms with van der Waals surface area (Å²) in [5.74, 6) is 0.696. The van der Waals surface area contributed by atoms with Crippen molar-refractivity contribution in [3.63, 3.8) is 0 Å². The largest absolute Gasteiger partial charge is 0.353 e. The molecular weight excluding hydrogens is 294 g/mol. The maximum absolute atomic E-state index is 12.1. The number of thiazole rings is 1. The van der Waals surface area contributed by atoms with Crippen LogP contribution in [-0.2, 0) is 11.2 Å². The van der Waals surface area contributed by atoms with Crippen molar-refractivity contribution in [2.75, 3.05) is 13.1 Å². The zero-order chi connectivity index (χ0) is 15.4. The summed E-state index contributed by atoms with van der Waals surface area (Å²) in [6.07, 6.45) is 3.37. The third-order valence-electron chi connectivity index (χ3n) is 4.26. The Kier molecular flexibility index (Phi) is 5.05. The highest BCUT2D eigenvalue weighted by atomic mass is 32.1. The van der Waals surface area contributed by atoms with Crippen molar-refractivity contribution in [1.82, 2.24) is 15.6 Å². The summed E-state index contributed by atoms with van der Waals surface area (Å²) in [6, 6.07) is 8.52. The van der Waals surface area contributed by atoms with Gasteiger partial charge in [0, 0.05) is 12.5 Å². The van der Waals surface area contributed by atoms with Crippen LogP contribution in [0.1, 0.15) is 31.2 Å². The lowest BCUT2D eigenvalue weighted by Gasteiger charge is -2.30. The van der Waals surface area contributed by atoms with E-state index in [0.29, 0.717) is 18.4 Å². The molecule has 0 radical (unpaired) electrons. The minimum Gasteiger partial charge on any atom is -0.353 e. The summed E-state index contributed by atoms with van der Waals surface area (Å²) in [5.41, 5.74) is 1.07. The van der Waals surface area contributed by atoms with Crippen LogP contribution >= 0.6 is 11.3 Å². The number of benzene rings is 1. The third-order valence-corrected chi connectivity index (χ3v) is 5.36. The molecule has 118 valence electrons. The Morgan fingerprint density at radius 3 is 3.14 bits per heavy atom. The first-order chi connectivity index (χ1) is 10.7. The monoisotopic (exact) mass is 317 g/mol. The van der Waals surface area contributed by atoms with Crippen molar-refractivity contribution in [3.8, 4) is 0 Å². The Balaban J connectivity index is 1.45. The molecule has 4 nitrogen and oxygen atoms in total. The number of nitrogens with one attached hydrogen (secondary N) is 2. The lowest BCUT2D eigenvalue weighted by molar-refractivity contribution is -0.122. The molecule has 5 heteroatoms. The number of nitrogens with zero attached hydrogens (tertiary/aromatic N) is 1. The molecule has 1 aliphatic rings. The maximum Gasteiger partial charge on any atom is 0.220 e. The van der Waals surface area contributed by atoms with Crippen LogP contribution in [0, 0.1) is 5.92 Å². The molecule has 1 aromatic heterocycles. The van der Waals surface area contributed by atoms with Crippen LogP contribution in [0.4, 0.5) is 0 Å². The highest BCUT2D eigenvalue weighted by molar-refractivity contribution is 7.18. The Hall–Kier alpha value is -1.46. The predicted octanol–water partition coefficient (Wildman–Crippen LogP) is 2.73. The number of piperidine rings is 1. The van der Waals surface area contributed by atoms with Gasteiger partial charge in [0.05, 0.1) is 15.2 Å². The van der Waals surface area contributed by atoms with Crippen molar-refractivity contribution in [1.29, 1.82) is 0 Å². The molecule has 1 saturated heterocycles. The van der Waals surface area contributed by atoms with Crippen LogP contribution < -0.4 is 10.6 Å². The van der Waals surface area contributed by atoms with Gasteiger partial charge in [-0.25, -0.2) is 4.98 Å². The molecule has 0 aliphatic carbocycles. The molecule has 2 heterocycles. The zero-order valence-corrected chi connectivity index (χ0v) is 13.8. The van der Waals surface area contributed by atoms with E-state index >= 15 is 0 Å². The second-order valence-electron chi connectivity index (χ2n) is 6.07. The molecule has 1 aromatic carbocycles. The van der Waals surface area contributed by atoms with Crippen LogP contribution in [0.2, 0.25) is 0 Å². The van der Waals surface area contributed by atoms with Gasteiger partial charge in [0.15, 0.2) is 0 Å². The van der Waals surface area contributed by atoms with Gasteiger partial charge in [-0.05, 0) is 50.4 Å². The number of hydrogen-bond acceptors (Lipinski definition) is 4. The van der Waals surface area contributed by atoms with Crippen molar-refractivity contribution in [3.05, 3.63) is 29.3 Å². The minimum absolute atomic E-state index is 0.180. The third kappa shape index (κ3) is 3.84. The number of amides is 1. The van der Waals surface area contributed by atoms with Crippen LogP contribution in [0.3, 0.4) is 0 Å². The number of aromatic nitrogens is 1. The first-order valence-corrected chi connectivity index (χ1v) is 8.88. The number of carbonyl (C=O) groups excluding carboxylic acids is 1. The van der Waals surface area contributed by atoms with Crippen molar-refractivity contribution in [2.45, 2.75) is 38.6 Å². The van der Waals surface area contributed by atoms with Gasteiger partial charge in [0.25, 0.3) is 0 Å². The van der Waals surface area contributed by atoms with Crippen LogP contribution in [0.25, 0.3) is 10.2 Å². The van der Waals surface area contributed by atoms with E-state index in [1.54, 1.807) is 11.3 Å². The van der Waals surface area contributed by atoms with E-state index < -0.39 is 0 Å². The van der Waals surface area contributed by atoms with E-state index in [1.165, 1.54) is 4.70 Å². The minimum atomic E-state index is 0.180. The van der Waals surface area contributed by atoms with E-state index in [0.717, 1.165) is 42.9 Å². The number of para-hydroxylation sites is 1.